The quantitative estimate of drug-likeness (QED) is 0.579. The van der Waals surface area contributed by atoms with Gasteiger partial charge in [-0.05, 0) is 23.3 Å². The van der Waals surface area contributed by atoms with Crippen molar-refractivity contribution >= 4 is 12.6 Å². The lowest BCUT2D eigenvalue weighted by Crippen LogP contribution is -1.93. The fraction of sp³-hybridized carbons (Fsp3) is 0.250. The summed E-state index contributed by atoms with van der Waals surface area (Å²) in [5.74, 6) is 0. The first-order chi connectivity index (χ1) is 5.27. The average molecular weight is 170 g/mol. The van der Waals surface area contributed by atoms with E-state index in [-0.39, 0.29) is 13.2 Å². The lowest BCUT2D eigenvalue weighted by Gasteiger charge is -2.03. The Hall–Kier alpha value is -0.510. The first kappa shape index (κ1) is 8.59. The topological polar surface area (TPSA) is 40.5 Å². The number of rotatable bonds is 2. The van der Waals surface area contributed by atoms with Crippen molar-refractivity contribution in [1.82, 2.24) is 0 Å². The first-order valence-electron chi connectivity index (χ1n) is 3.30. The van der Waals surface area contributed by atoms with Crippen LogP contribution < -0.4 is 0 Å². The Morgan fingerprint density at radius 1 is 1.09 bits per heavy atom. The second-order valence-electron chi connectivity index (χ2n) is 2.27. The molecule has 0 bridgehead atoms. The molecule has 0 aromatic heterocycles. The maximum absolute atomic E-state index is 8.83. The summed E-state index contributed by atoms with van der Waals surface area (Å²) >= 11 is 4.10. The van der Waals surface area contributed by atoms with Gasteiger partial charge in [-0.1, -0.05) is 6.07 Å². The predicted octanol–water partition coefficient (Wildman–Crippen LogP) is 0.960. The second kappa shape index (κ2) is 3.76. The zero-order valence-electron chi connectivity index (χ0n) is 5.99. The van der Waals surface area contributed by atoms with Gasteiger partial charge < -0.3 is 10.2 Å². The van der Waals surface area contributed by atoms with Gasteiger partial charge in [-0.2, -0.15) is 0 Å². The van der Waals surface area contributed by atoms with Crippen molar-refractivity contribution < 1.29 is 10.2 Å². The van der Waals surface area contributed by atoms with E-state index in [1.54, 1.807) is 18.2 Å². The van der Waals surface area contributed by atoms with Crippen LogP contribution in [0.3, 0.4) is 0 Å². The molecule has 2 N–H and O–H groups in total. The van der Waals surface area contributed by atoms with Crippen molar-refractivity contribution in [3.05, 3.63) is 29.3 Å². The van der Waals surface area contributed by atoms with Crippen molar-refractivity contribution in [2.45, 2.75) is 18.1 Å². The summed E-state index contributed by atoms with van der Waals surface area (Å²) < 4.78 is 0. The molecule has 3 heteroatoms. The van der Waals surface area contributed by atoms with Gasteiger partial charge >= 0.3 is 0 Å². The van der Waals surface area contributed by atoms with Gasteiger partial charge in [-0.3, -0.25) is 0 Å². The van der Waals surface area contributed by atoms with Crippen LogP contribution in [0.5, 0.6) is 0 Å². The van der Waals surface area contributed by atoms with Crippen LogP contribution in [0.4, 0.5) is 0 Å². The van der Waals surface area contributed by atoms with E-state index < -0.39 is 0 Å². The standard InChI is InChI=1S/C8H10O2S/c9-4-6-1-2-8(11)3-7(6)5-10/h1-3,9-11H,4-5H2. The highest BCUT2D eigenvalue weighted by Gasteiger charge is 1.99. The average Bonchev–Trinajstić information content (AvgIpc) is 2.04. The SMILES string of the molecule is OCc1ccc(S)cc1CO. The normalized spacial score (nSPS) is 10.1. The van der Waals surface area contributed by atoms with Gasteiger partial charge in [0.1, 0.15) is 0 Å². The first-order valence-corrected chi connectivity index (χ1v) is 3.75. The van der Waals surface area contributed by atoms with Crippen LogP contribution in [0.15, 0.2) is 23.1 Å². The lowest BCUT2D eigenvalue weighted by molar-refractivity contribution is 0.259. The molecule has 0 aliphatic rings. The van der Waals surface area contributed by atoms with Gasteiger partial charge in [0, 0.05) is 4.90 Å². The smallest absolute Gasteiger partial charge is 0.0685 e. The highest BCUT2D eigenvalue weighted by Crippen LogP contribution is 2.14. The molecule has 1 aromatic carbocycles. The van der Waals surface area contributed by atoms with Gasteiger partial charge in [-0.15, -0.1) is 12.6 Å². The van der Waals surface area contributed by atoms with Crippen molar-refractivity contribution in [3.63, 3.8) is 0 Å². The fourth-order valence-corrected chi connectivity index (χ4v) is 1.14. The van der Waals surface area contributed by atoms with Crippen molar-refractivity contribution in [1.29, 1.82) is 0 Å². The van der Waals surface area contributed by atoms with Crippen LogP contribution >= 0.6 is 12.6 Å². The second-order valence-corrected chi connectivity index (χ2v) is 2.79. The maximum atomic E-state index is 8.83. The Kier molecular flexibility index (Phi) is 2.93. The molecule has 0 aliphatic carbocycles. The van der Waals surface area contributed by atoms with Crippen LogP contribution in [0, 0.1) is 0 Å². The van der Waals surface area contributed by atoms with E-state index in [0.29, 0.717) is 0 Å². The molecule has 0 fully saturated rings. The van der Waals surface area contributed by atoms with Gasteiger partial charge in [0.15, 0.2) is 0 Å². The van der Waals surface area contributed by atoms with Crippen molar-refractivity contribution in [3.8, 4) is 0 Å². The van der Waals surface area contributed by atoms with E-state index in [1.807, 2.05) is 0 Å². The number of benzene rings is 1. The largest absolute Gasteiger partial charge is 0.392 e. The molecule has 60 valence electrons. The minimum absolute atomic E-state index is 0.0377. The Bertz CT molecular complexity index is 248. The Morgan fingerprint density at radius 3 is 2.27 bits per heavy atom. The molecular formula is C8H10O2S. The van der Waals surface area contributed by atoms with Crippen LogP contribution in [0.1, 0.15) is 11.1 Å². The van der Waals surface area contributed by atoms with Crippen LogP contribution in [-0.4, -0.2) is 10.2 Å². The van der Waals surface area contributed by atoms with E-state index in [9.17, 15) is 0 Å². The predicted molar refractivity (Wildman–Crippen MR) is 45.5 cm³/mol. The number of hydrogen-bond donors (Lipinski definition) is 3. The summed E-state index contributed by atoms with van der Waals surface area (Å²) in [6, 6.07) is 5.29. The van der Waals surface area contributed by atoms with E-state index in [2.05, 4.69) is 12.6 Å². The molecule has 0 unspecified atom stereocenters. The molecule has 1 aromatic rings. The molecular weight excluding hydrogens is 160 g/mol. The summed E-state index contributed by atoms with van der Waals surface area (Å²) in [6.45, 7) is -0.0890. The Morgan fingerprint density at radius 2 is 1.73 bits per heavy atom. The van der Waals surface area contributed by atoms with Crippen molar-refractivity contribution in [2.24, 2.45) is 0 Å². The number of aliphatic hydroxyl groups excluding tert-OH is 2. The third kappa shape index (κ3) is 1.96. The summed E-state index contributed by atoms with van der Waals surface area (Å²) in [4.78, 5) is 0.797. The summed E-state index contributed by atoms with van der Waals surface area (Å²) in [7, 11) is 0. The zero-order valence-corrected chi connectivity index (χ0v) is 6.88. The molecule has 0 amide bonds. The summed E-state index contributed by atoms with van der Waals surface area (Å²) in [5, 5.41) is 17.6. The third-order valence-electron chi connectivity index (χ3n) is 1.53. The van der Waals surface area contributed by atoms with E-state index in [0.717, 1.165) is 16.0 Å². The minimum atomic E-state index is -0.0513. The highest BCUT2D eigenvalue weighted by atomic mass is 32.1. The summed E-state index contributed by atoms with van der Waals surface area (Å²) in [6.07, 6.45) is 0. The molecule has 0 saturated carbocycles. The lowest BCUT2D eigenvalue weighted by atomic mass is 10.1. The molecule has 0 spiro atoms. The number of thiol groups is 1. The van der Waals surface area contributed by atoms with Crippen LogP contribution in [0.2, 0.25) is 0 Å². The minimum Gasteiger partial charge on any atom is -0.392 e. The maximum Gasteiger partial charge on any atom is 0.0685 e. The fourth-order valence-electron chi connectivity index (χ4n) is 0.914. The Labute approximate surface area is 70.9 Å². The molecule has 0 saturated heterocycles. The molecule has 0 aliphatic heterocycles. The van der Waals surface area contributed by atoms with Gasteiger partial charge in [-0.25, -0.2) is 0 Å². The highest BCUT2D eigenvalue weighted by molar-refractivity contribution is 7.80. The van der Waals surface area contributed by atoms with E-state index in [4.69, 9.17) is 10.2 Å². The van der Waals surface area contributed by atoms with Crippen LogP contribution in [0.25, 0.3) is 0 Å². The molecule has 2 nitrogen and oxygen atoms in total. The van der Waals surface area contributed by atoms with E-state index >= 15 is 0 Å². The van der Waals surface area contributed by atoms with Gasteiger partial charge in [0.2, 0.25) is 0 Å². The molecule has 0 heterocycles. The van der Waals surface area contributed by atoms with Gasteiger partial charge in [0.05, 0.1) is 13.2 Å². The molecule has 11 heavy (non-hydrogen) atoms. The molecule has 0 atom stereocenters. The van der Waals surface area contributed by atoms with Crippen LogP contribution in [-0.2, 0) is 13.2 Å². The third-order valence-corrected chi connectivity index (χ3v) is 1.81. The zero-order chi connectivity index (χ0) is 8.27. The number of aliphatic hydroxyl groups is 2. The molecule has 0 radical (unpaired) electrons. The van der Waals surface area contributed by atoms with E-state index in [1.165, 1.54) is 0 Å². The van der Waals surface area contributed by atoms with Gasteiger partial charge in [0.25, 0.3) is 0 Å². The monoisotopic (exact) mass is 170 g/mol. The summed E-state index contributed by atoms with van der Waals surface area (Å²) in [5.41, 5.74) is 1.49. The number of hydrogen-bond acceptors (Lipinski definition) is 3. The van der Waals surface area contributed by atoms with Crippen molar-refractivity contribution in [2.75, 3.05) is 0 Å². The Balaban J connectivity index is 3.06. The molecule has 1 rings (SSSR count).